The van der Waals surface area contributed by atoms with E-state index in [4.69, 9.17) is 0 Å². The molecule has 0 saturated carbocycles. The zero-order valence-corrected chi connectivity index (χ0v) is 7.93. The van der Waals surface area contributed by atoms with E-state index in [1.54, 1.807) is 6.92 Å². The monoisotopic (exact) mass is 192 g/mol. The van der Waals surface area contributed by atoms with E-state index in [9.17, 15) is 13.2 Å². The molecule has 0 bridgehead atoms. The maximum Gasteiger partial charge on any atom is 0.330 e. The van der Waals surface area contributed by atoms with Gasteiger partial charge in [-0.25, -0.2) is 13.2 Å². The molecule has 0 aromatic rings. The van der Waals surface area contributed by atoms with Crippen LogP contribution in [0, 0.1) is 0 Å². The number of rotatable bonds is 4. The Morgan fingerprint density at radius 2 is 2.08 bits per heavy atom. The number of allylic oxidation sites excluding steroid dienone is 1. The SMILES string of the molecule is C/C=C/C(=O)OCCS(C)(=O)=O. The Kier molecular flexibility index (Phi) is 4.58. The Morgan fingerprint density at radius 3 is 2.50 bits per heavy atom. The molecule has 0 spiro atoms. The zero-order chi connectivity index (χ0) is 9.61. The second-order valence-electron chi connectivity index (χ2n) is 2.30. The Labute approximate surface area is 72.1 Å². The Morgan fingerprint density at radius 1 is 1.50 bits per heavy atom. The van der Waals surface area contributed by atoms with Crippen molar-refractivity contribution in [2.45, 2.75) is 6.92 Å². The summed E-state index contributed by atoms with van der Waals surface area (Å²) in [7, 11) is -3.04. The molecule has 0 atom stereocenters. The van der Waals surface area contributed by atoms with E-state index in [1.807, 2.05) is 0 Å². The molecule has 0 amide bonds. The van der Waals surface area contributed by atoms with E-state index >= 15 is 0 Å². The first-order valence-corrected chi connectivity index (χ1v) is 5.49. The molecular weight excluding hydrogens is 180 g/mol. The topological polar surface area (TPSA) is 60.4 Å². The molecule has 0 heterocycles. The van der Waals surface area contributed by atoms with Crippen LogP contribution in [0.5, 0.6) is 0 Å². The first kappa shape index (κ1) is 11.2. The lowest BCUT2D eigenvalue weighted by Gasteiger charge is -1.99. The van der Waals surface area contributed by atoms with E-state index in [2.05, 4.69) is 4.74 Å². The predicted octanol–water partition coefficient (Wildman–Crippen LogP) is 0.150. The highest BCUT2D eigenvalue weighted by Gasteiger charge is 2.03. The highest BCUT2D eigenvalue weighted by Crippen LogP contribution is 1.86. The summed E-state index contributed by atoms with van der Waals surface area (Å²) < 4.78 is 25.7. The molecule has 0 rings (SSSR count). The molecule has 70 valence electrons. The summed E-state index contributed by atoms with van der Waals surface area (Å²) in [6.45, 7) is 1.60. The van der Waals surface area contributed by atoms with Crippen molar-refractivity contribution < 1.29 is 17.9 Å². The van der Waals surface area contributed by atoms with Gasteiger partial charge < -0.3 is 4.74 Å². The fraction of sp³-hybridized carbons (Fsp3) is 0.571. The summed E-state index contributed by atoms with van der Waals surface area (Å²) in [4.78, 5) is 10.6. The fourth-order valence-electron chi connectivity index (χ4n) is 0.478. The number of hydrogen-bond donors (Lipinski definition) is 0. The third-order valence-corrected chi connectivity index (χ3v) is 1.91. The van der Waals surface area contributed by atoms with Gasteiger partial charge in [-0.1, -0.05) is 6.08 Å². The molecule has 0 saturated heterocycles. The fourth-order valence-corrected chi connectivity index (χ4v) is 0.864. The standard InChI is InChI=1S/C7H12O4S/c1-3-4-7(8)11-5-6-12(2,9)10/h3-4H,5-6H2,1-2H3/b4-3+. The Hall–Kier alpha value is -0.840. The van der Waals surface area contributed by atoms with Gasteiger partial charge in [-0.15, -0.1) is 0 Å². The van der Waals surface area contributed by atoms with Crippen LogP contribution in [0.1, 0.15) is 6.92 Å². The normalized spacial score (nSPS) is 11.8. The lowest BCUT2D eigenvalue weighted by Crippen LogP contribution is -2.12. The van der Waals surface area contributed by atoms with Gasteiger partial charge in [0.05, 0.1) is 5.75 Å². The number of sulfone groups is 1. The molecule has 5 heteroatoms. The largest absolute Gasteiger partial charge is 0.461 e. The molecule has 12 heavy (non-hydrogen) atoms. The average Bonchev–Trinajstić information content (AvgIpc) is 1.84. The third kappa shape index (κ3) is 7.27. The maximum atomic E-state index is 10.6. The van der Waals surface area contributed by atoms with Crippen LogP contribution in [0.25, 0.3) is 0 Å². The van der Waals surface area contributed by atoms with Crippen molar-refractivity contribution in [2.75, 3.05) is 18.6 Å². The number of ether oxygens (including phenoxy) is 1. The van der Waals surface area contributed by atoms with Crippen molar-refractivity contribution in [3.8, 4) is 0 Å². The van der Waals surface area contributed by atoms with Gasteiger partial charge in [-0.05, 0) is 6.92 Å². The van der Waals surface area contributed by atoms with Crippen LogP contribution in [0.4, 0.5) is 0 Å². The predicted molar refractivity (Wildman–Crippen MR) is 45.5 cm³/mol. The van der Waals surface area contributed by atoms with Gasteiger partial charge in [0.15, 0.2) is 9.84 Å². The lowest BCUT2D eigenvalue weighted by atomic mass is 10.5. The first-order valence-electron chi connectivity index (χ1n) is 3.43. The van der Waals surface area contributed by atoms with Crippen molar-refractivity contribution in [3.05, 3.63) is 12.2 Å². The van der Waals surface area contributed by atoms with Gasteiger partial charge >= 0.3 is 5.97 Å². The van der Waals surface area contributed by atoms with Crippen LogP contribution < -0.4 is 0 Å². The highest BCUT2D eigenvalue weighted by atomic mass is 32.2. The molecule has 0 fully saturated rings. The number of carbonyl (C=O) groups is 1. The molecule has 0 aromatic carbocycles. The Balaban J connectivity index is 3.65. The van der Waals surface area contributed by atoms with Gasteiger partial charge in [0.25, 0.3) is 0 Å². The minimum Gasteiger partial charge on any atom is -0.461 e. The van der Waals surface area contributed by atoms with Crippen molar-refractivity contribution in [1.82, 2.24) is 0 Å². The van der Waals surface area contributed by atoms with E-state index in [0.717, 1.165) is 6.26 Å². The quantitative estimate of drug-likeness (QED) is 0.470. The molecule has 0 aliphatic rings. The van der Waals surface area contributed by atoms with Gasteiger partial charge in [-0.3, -0.25) is 0 Å². The molecule has 0 radical (unpaired) electrons. The van der Waals surface area contributed by atoms with Crippen LogP contribution in [0.2, 0.25) is 0 Å². The summed E-state index contributed by atoms with van der Waals surface area (Å²) >= 11 is 0. The van der Waals surface area contributed by atoms with Crippen LogP contribution in [0.15, 0.2) is 12.2 Å². The van der Waals surface area contributed by atoms with Crippen LogP contribution in [-0.4, -0.2) is 33.0 Å². The average molecular weight is 192 g/mol. The van der Waals surface area contributed by atoms with Crippen molar-refractivity contribution >= 4 is 15.8 Å². The molecule has 0 aliphatic carbocycles. The first-order chi connectivity index (χ1) is 5.45. The lowest BCUT2D eigenvalue weighted by molar-refractivity contribution is -0.137. The van der Waals surface area contributed by atoms with Crippen LogP contribution in [-0.2, 0) is 19.4 Å². The summed E-state index contributed by atoms with van der Waals surface area (Å²) in [6.07, 6.45) is 3.86. The van der Waals surface area contributed by atoms with Crippen molar-refractivity contribution in [3.63, 3.8) is 0 Å². The summed E-state index contributed by atoms with van der Waals surface area (Å²) in [5.74, 6) is -0.642. The van der Waals surface area contributed by atoms with Gasteiger partial charge in [0.1, 0.15) is 6.61 Å². The molecule has 0 aliphatic heterocycles. The number of hydrogen-bond acceptors (Lipinski definition) is 4. The molecular formula is C7H12O4S. The van der Waals surface area contributed by atoms with Gasteiger partial charge in [0.2, 0.25) is 0 Å². The summed E-state index contributed by atoms with van der Waals surface area (Å²) in [5, 5.41) is 0. The second-order valence-corrected chi connectivity index (χ2v) is 4.56. The Bertz CT molecular complexity index is 263. The molecule has 0 aromatic heterocycles. The van der Waals surface area contributed by atoms with Crippen LogP contribution in [0.3, 0.4) is 0 Å². The summed E-state index contributed by atoms with van der Waals surface area (Å²) in [6, 6.07) is 0. The zero-order valence-electron chi connectivity index (χ0n) is 7.11. The highest BCUT2D eigenvalue weighted by molar-refractivity contribution is 7.90. The van der Waals surface area contributed by atoms with E-state index in [-0.39, 0.29) is 12.4 Å². The van der Waals surface area contributed by atoms with Gasteiger partial charge in [0, 0.05) is 12.3 Å². The van der Waals surface area contributed by atoms with Gasteiger partial charge in [-0.2, -0.15) is 0 Å². The van der Waals surface area contributed by atoms with Crippen molar-refractivity contribution in [1.29, 1.82) is 0 Å². The van der Waals surface area contributed by atoms with E-state index in [0.29, 0.717) is 0 Å². The smallest absolute Gasteiger partial charge is 0.330 e. The minimum absolute atomic E-state index is 0.0813. The second kappa shape index (κ2) is 4.92. The maximum absolute atomic E-state index is 10.6. The molecule has 0 unspecified atom stereocenters. The summed E-state index contributed by atoms with van der Waals surface area (Å²) in [5.41, 5.74) is 0. The number of carbonyl (C=O) groups excluding carboxylic acids is 1. The van der Waals surface area contributed by atoms with E-state index in [1.165, 1.54) is 12.2 Å². The minimum atomic E-state index is -3.04. The molecule has 4 nitrogen and oxygen atoms in total. The van der Waals surface area contributed by atoms with Crippen molar-refractivity contribution in [2.24, 2.45) is 0 Å². The van der Waals surface area contributed by atoms with E-state index < -0.39 is 15.8 Å². The molecule has 0 N–H and O–H groups in total. The number of esters is 1. The third-order valence-electron chi connectivity index (χ3n) is 1.00. The van der Waals surface area contributed by atoms with Crippen LogP contribution >= 0.6 is 0 Å².